The molecule has 0 aliphatic heterocycles. The first-order valence-electron chi connectivity index (χ1n) is 5.74. The molecule has 1 aromatic carbocycles. The Balaban J connectivity index is 3.50. The van der Waals surface area contributed by atoms with Crippen LogP contribution in [0.2, 0.25) is 0 Å². The van der Waals surface area contributed by atoms with Gasteiger partial charge >= 0.3 is 12.4 Å². The molecule has 0 heterocycles. The molecule has 1 aromatic rings. The highest BCUT2D eigenvalue weighted by molar-refractivity contribution is 5.37. The highest BCUT2D eigenvalue weighted by Crippen LogP contribution is 2.46. The van der Waals surface area contributed by atoms with E-state index in [0.717, 1.165) is 19.1 Å². The summed E-state index contributed by atoms with van der Waals surface area (Å²) in [5.74, 6) is 0. The van der Waals surface area contributed by atoms with Crippen LogP contribution in [-0.2, 0) is 11.3 Å². The molecule has 120 valence electrons. The molecular weight excluding hydrogens is 308 g/mol. The number of alkyl halides is 8. The topological polar surface area (TPSA) is 0 Å². The van der Waals surface area contributed by atoms with Gasteiger partial charge in [-0.15, -0.1) is 0 Å². The van der Waals surface area contributed by atoms with Crippen molar-refractivity contribution in [1.82, 2.24) is 0 Å². The molecule has 0 amide bonds. The van der Waals surface area contributed by atoms with Gasteiger partial charge in [-0.25, -0.2) is 8.78 Å². The average Bonchev–Trinajstić information content (AvgIpc) is 2.24. The maximum Gasteiger partial charge on any atom is 0.426 e. The summed E-state index contributed by atoms with van der Waals surface area (Å²) in [5.41, 5.74) is -10.0. The molecular formula is C13H12F8. The molecule has 2 unspecified atom stereocenters. The van der Waals surface area contributed by atoms with E-state index in [-0.39, 0.29) is 25.5 Å². The second-order valence-corrected chi connectivity index (χ2v) is 5.09. The molecule has 0 aliphatic carbocycles. The van der Waals surface area contributed by atoms with Gasteiger partial charge in [0, 0.05) is 0 Å². The molecule has 0 bridgehead atoms. The maximum absolute atomic E-state index is 13.8. The van der Waals surface area contributed by atoms with Crippen LogP contribution < -0.4 is 0 Å². The number of benzene rings is 1. The third kappa shape index (κ3) is 3.13. The summed E-state index contributed by atoms with van der Waals surface area (Å²) in [4.78, 5) is 0. The molecule has 0 radical (unpaired) electrons. The second kappa shape index (κ2) is 4.84. The van der Waals surface area contributed by atoms with E-state index in [1.54, 1.807) is 0 Å². The van der Waals surface area contributed by atoms with Gasteiger partial charge in [-0.05, 0) is 38.0 Å². The Bertz CT molecular complexity index is 478. The summed E-state index contributed by atoms with van der Waals surface area (Å²) in [6.07, 6.45) is -10.7. The van der Waals surface area contributed by atoms with Crippen LogP contribution >= 0.6 is 0 Å². The van der Waals surface area contributed by atoms with Gasteiger partial charge in [-0.3, -0.25) is 0 Å². The highest BCUT2D eigenvalue weighted by atomic mass is 19.4. The third-order valence-electron chi connectivity index (χ3n) is 3.23. The number of hydrogen-bond acceptors (Lipinski definition) is 0. The van der Waals surface area contributed by atoms with Crippen molar-refractivity contribution in [3.8, 4) is 0 Å². The third-order valence-corrected chi connectivity index (χ3v) is 3.23. The van der Waals surface area contributed by atoms with Crippen molar-refractivity contribution in [2.45, 2.75) is 44.5 Å². The number of hydrogen-bond donors (Lipinski definition) is 0. The van der Waals surface area contributed by atoms with Crippen molar-refractivity contribution in [1.29, 1.82) is 0 Å². The summed E-state index contributed by atoms with van der Waals surface area (Å²) in [6, 6.07) is 1.74. The van der Waals surface area contributed by atoms with E-state index >= 15 is 0 Å². The van der Waals surface area contributed by atoms with E-state index in [9.17, 15) is 35.1 Å². The van der Waals surface area contributed by atoms with E-state index in [1.165, 1.54) is 0 Å². The fraction of sp³-hybridized carbons (Fsp3) is 0.538. The van der Waals surface area contributed by atoms with Crippen LogP contribution in [-0.4, -0.2) is 12.4 Å². The molecule has 8 heteroatoms. The first-order valence-corrected chi connectivity index (χ1v) is 5.74. The zero-order valence-electron chi connectivity index (χ0n) is 11.3. The fourth-order valence-electron chi connectivity index (χ4n) is 1.65. The van der Waals surface area contributed by atoms with E-state index in [1.807, 2.05) is 0 Å². The lowest BCUT2D eigenvalue weighted by molar-refractivity contribution is -0.231. The molecule has 0 fully saturated rings. The minimum atomic E-state index is -5.33. The van der Waals surface area contributed by atoms with Gasteiger partial charge in [0.05, 0.1) is 0 Å². The summed E-state index contributed by atoms with van der Waals surface area (Å²) in [7, 11) is 0. The van der Waals surface area contributed by atoms with Crippen molar-refractivity contribution in [3.05, 3.63) is 34.9 Å². The summed E-state index contributed by atoms with van der Waals surface area (Å²) < 4.78 is 103. The predicted molar refractivity (Wildman–Crippen MR) is 60.2 cm³/mol. The van der Waals surface area contributed by atoms with Crippen LogP contribution in [0.25, 0.3) is 0 Å². The van der Waals surface area contributed by atoms with E-state index in [4.69, 9.17) is 0 Å². The lowest BCUT2D eigenvalue weighted by atomic mass is 9.88. The van der Waals surface area contributed by atoms with Crippen LogP contribution in [0.1, 0.15) is 30.5 Å². The van der Waals surface area contributed by atoms with Crippen molar-refractivity contribution in [2.75, 3.05) is 0 Å². The molecule has 0 nitrogen and oxygen atoms in total. The van der Waals surface area contributed by atoms with Gasteiger partial charge in [0.25, 0.3) is 0 Å². The van der Waals surface area contributed by atoms with Gasteiger partial charge in [0.2, 0.25) is 11.3 Å². The van der Waals surface area contributed by atoms with Crippen LogP contribution in [0.3, 0.4) is 0 Å². The van der Waals surface area contributed by atoms with Gasteiger partial charge in [-0.1, -0.05) is 17.7 Å². The molecule has 0 spiro atoms. The number of rotatable bonds is 2. The molecule has 0 aliphatic rings. The molecule has 0 saturated heterocycles. The predicted octanol–water partition coefficient (Wildman–Crippen LogP) is 5.49. The molecule has 21 heavy (non-hydrogen) atoms. The van der Waals surface area contributed by atoms with E-state index in [0.29, 0.717) is 0 Å². The quantitative estimate of drug-likeness (QED) is 0.632. The molecule has 0 N–H and O–H groups in total. The highest BCUT2D eigenvalue weighted by Gasteiger charge is 2.56. The lowest BCUT2D eigenvalue weighted by Crippen LogP contribution is -2.37. The zero-order valence-corrected chi connectivity index (χ0v) is 11.3. The van der Waals surface area contributed by atoms with E-state index < -0.39 is 34.8 Å². The summed E-state index contributed by atoms with van der Waals surface area (Å²) >= 11 is 0. The van der Waals surface area contributed by atoms with Gasteiger partial charge in [0.1, 0.15) is 0 Å². The molecule has 0 aromatic heterocycles. The maximum atomic E-state index is 13.8. The Morgan fingerprint density at radius 2 is 0.905 bits per heavy atom. The Morgan fingerprint density at radius 3 is 1.14 bits per heavy atom. The summed E-state index contributed by atoms with van der Waals surface area (Å²) in [6.45, 7) is 1.51. The van der Waals surface area contributed by atoms with Gasteiger partial charge < -0.3 is 0 Å². The summed E-state index contributed by atoms with van der Waals surface area (Å²) in [5, 5.41) is 0. The van der Waals surface area contributed by atoms with Crippen molar-refractivity contribution in [2.24, 2.45) is 0 Å². The minimum Gasteiger partial charge on any atom is -0.229 e. The van der Waals surface area contributed by atoms with Crippen LogP contribution in [0, 0.1) is 6.92 Å². The first kappa shape index (κ1) is 17.7. The zero-order chi connectivity index (χ0) is 16.9. The Morgan fingerprint density at radius 1 is 0.619 bits per heavy atom. The van der Waals surface area contributed by atoms with E-state index in [2.05, 4.69) is 0 Å². The van der Waals surface area contributed by atoms with Crippen LogP contribution in [0.5, 0.6) is 0 Å². The molecule has 2 atom stereocenters. The van der Waals surface area contributed by atoms with Crippen molar-refractivity contribution in [3.63, 3.8) is 0 Å². The van der Waals surface area contributed by atoms with Crippen LogP contribution in [0.15, 0.2) is 18.2 Å². The standard InChI is InChI=1S/C13H12F8/c1-7-4-8(10(2,14)12(16,17)18)6-9(5-7)11(3,15)13(19,20)21/h4-6H,1-3H3. The molecule has 0 saturated carbocycles. The number of halogens is 8. The minimum absolute atomic E-state index is 0.108. The average molecular weight is 320 g/mol. The van der Waals surface area contributed by atoms with Crippen LogP contribution in [0.4, 0.5) is 35.1 Å². The Kier molecular flexibility index (Phi) is 4.09. The van der Waals surface area contributed by atoms with Gasteiger partial charge in [-0.2, -0.15) is 26.3 Å². The Hall–Kier alpha value is -1.34. The fourth-order valence-corrected chi connectivity index (χ4v) is 1.65. The number of aryl methyl sites for hydroxylation is 1. The monoisotopic (exact) mass is 320 g/mol. The smallest absolute Gasteiger partial charge is 0.229 e. The molecule has 1 rings (SSSR count). The van der Waals surface area contributed by atoms with Crippen molar-refractivity contribution >= 4 is 0 Å². The first-order chi connectivity index (χ1) is 9.10. The Labute approximate surface area is 115 Å². The lowest BCUT2D eigenvalue weighted by Gasteiger charge is -2.28. The normalized spacial score (nSPS) is 19.0. The SMILES string of the molecule is Cc1cc(C(C)(F)C(F)(F)F)cc(C(C)(F)C(F)(F)F)c1. The van der Waals surface area contributed by atoms with Crippen molar-refractivity contribution < 1.29 is 35.1 Å². The second-order valence-electron chi connectivity index (χ2n) is 5.09. The van der Waals surface area contributed by atoms with Gasteiger partial charge in [0.15, 0.2) is 0 Å². The largest absolute Gasteiger partial charge is 0.426 e.